The average Bonchev–Trinajstić information content (AvgIpc) is 2.64. The summed E-state index contributed by atoms with van der Waals surface area (Å²) in [6, 6.07) is 4.10. The second-order valence-corrected chi connectivity index (χ2v) is 10.1. The molecule has 0 fully saturated rings. The molecule has 0 aliphatic carbocycles. The maximum atomic E-state index is 14.7. The number of likely N-dealkylation sites (N-methyl/N-ethyl adjacent to an activating group) is 1. The van der Waals surface area contributed by atoms with E-state index in [2.05, 4.69) is 10.3 Å². The number of hydrogen-bond acceptors (Lipinski definition) is 6. The van der Waals surface area contributed by atoms with Crippen LogP contribution in [0.1, 0.15) is 32.8 Å². The Labute approximate surface area is 165 Å². The molecule has 1 aromatic carbocycles. The van der Waals surface area contributed by atoms with E-state index in [9.17, 15) is 17.6 Å². The first-order chi connectivity index (χ1) is 12.8. The van der Waals surface area contributed by atoms with E-state index in [1.54, 1.807) is 6.92 Å². The third kappa shape index (κ3) is 4.03. The van der Waals surface area contributed by atoms with E-state index in [0.717, 1.165) is 4.31 Å². The maximum Gasteiger partial charge on any atom is 0.226 e. The van der Waals surface area contributed by atoms with E-state index in [1.807, 2.05) is 0 Å². The number of benzene rings is 1. The molecule has 0 bridgehead atoms. The summed E-state index contributed by atoms with van der Waals surface area (Å²) in [7, 11) is -0.880. The number of carbonyl (C=O) groups excluding carboxylic acids is 1. The van der Waals surface area contributed by atoms with Crippen molar-refractivity contribution in [3.63, 3.8) is 0 Å². The molecule has 0 aromatic heterocycles. The first-order valence-corrected chi connectivity index (χ1v) is 10.2. The summed E-state index contributed by atoms with van der Waals surface area (Å²) < 4.78 is 44.8. The van der Waals surface area contributed by atoms with Gasteiger partial charge >= 0.3 is 0 Å². The molecule has 0 saturated carbocycles. The number of halogens is 1. The molecule has 1 aromatic rings. The van der Waals surface area contributed by atoms with Crippen LogP contribution in [0.25, 0.3) is 0 Å². The molecule has 1 aliphatic heterocycles. The number of ether oxygens (including phenoxy) is 1. The van der Waals surface area contributed by atoms with Crippen LogP contribution in [0.2, 0.25) is 0 Å². The summed E-state index contributed by atoms with van der Waals surface area (Å²) in [6.45, 7) is 4.70. The van der Waals surface area contributed by atoms with Gasteiger partial charge in [-0.1, -0.05) is 0 Å². The van der Waals surface area contributed by atoms with Gasteiger partial charge in [-0.05, 0) is 39.0 Å². The lowest BCUT2D eigenvalue weighted by Gasteiger charge is -2.29. The molecule has 2 rings (SSSR count). The molecular weight excluding hydrogens is 387 g/mol. The topological polar surface area (TPSA) is 114 Å². The molecule has 3 N–H and O–H groups in total. The maximum absolute atomic E-state index is 14.7. The zero-order valence-electron chi connectivity index (χ0n) is 16.7. The van der Waals surface area contributed by atoms with E-state index in [0.29, 0.717) is 5.69 Å². The molecular formula is C18H27FN4O4S. The minimum atomic E-state index is -3.79. The fourth-order valence-corrected chi connectivity index (χ4v) is 4.57. The number of amidine groups is 1. The van der Waals surface area contributed by atoms with E-state index >= 15 is 0 Å². The van der Waals surface area contributed by atoms with Crippen molar-refractivity contribution < 1.29 is 22.3 Å². The highest BCUT2D eigenvalue weighted by Gasteiger charge is 2.48. The van der Waals surface area contributed by atoms with Crippen molar-refractivity contribution in [3.05, 3.63) is 29.6 Å². The lowest BCUT2D eigenvalue weighted by molar-refractivity contribution is -0.117. The average molecular weight is 415 g/mol. The molecule has 28 heavy (non-hydrogen) atoms. The van der Waals surface area contributed by atoms with E-state index < -0.39 is 26.1 Å². The Morgan fingerprint density at radius 2 is 2.04 bits per heavy atom. The van der Waals surface area contributed by atoms with Gasteiger partial charge in [-0.15, -0.1) is 0 Å². The fourth-order valence-electron chi connectivity index (χ4n) is 3.06. The van der Waals surface area contributed by atoms with E-state index in [4.69, 9.17) is 10.5 Å². The molecule has 10 heteroatoms. The highest BCUT2D eigenvalue weighted by Crippen LogP contribution is 2.36. The second kappa shape index (κ2) is 7.76. The largest absolute Gasteiger partial charge is 0.386 e. The Balaban J connectivity index is 2.49. The van der Waals surface area contributed by atoms with Gasteiger partial charge < -0.3 is 15.8 Å². The molecule has 1 aliphatic rings. The number of aliphatic imine (C=N–C) groups is 1. The molecule has 1 amide bonds. The summed E-state index contributed by atoms with van der Waals surface area (Å²) >= 11 is 0. The van der Waals surface area contributed by atoms with Crippen molar-refractivity contribution in [2.45, 2.75) is 37.5 Å². The minimum Gasteiger partial charge on any atom is -0.386 e. The smallest absolute Gasteiger partial charge is 0.226 e. The van der Waals surface area contributed by atoms with Crippen LogP contribution in [-0.4, -0.2) is 56.5 Å². The molecule has 8 nitrogen and oxygen atoms in total. The van der Waals surface area contributed by atoms with Crippen LogP contribution in [0.15, 0.2) is 23.2 Å². The number of sulfonamides is 1. The molecule has 1 heterocycles. The predicted molar refractivity (Wildman–Crippen MR) is 106 cm³/mol. The van der Waals surface area contributed by atoms with Gasteiger partial charge in [-0.2, -0.15) is 0 Å². The Hall–Kier alpha value is -2.04. The molecule has 1 atom stereocenters. The predicted octanol–water partition coefficient (Wildman–Crippen LogP) is 1.43. The molecule has 0 saturated heterocycles. The summed E-state index contributed by atoms with van der Waals surface area (Å²) in [5, 5.41) is 2.67. The number of carbonyl (C=O) groups is 1. The summed E-state index contributed by atoms with van der Waals surface area (Å²) in [6.07, 6.45) is 0.154. The number of rotatable bonds is 5. The van der Waals surface area contributed by atoms with Crippen molar-refractivity contribution in [3.8, 4) is 0 Å². The second-order valence-electron chi connectivity index (χ2n) is 7.53. The van der Waals surface area contributed by atoms with E-state index in [-0.39, 0.29) is 36.9 Å². The van der Waals surface area contributed by atoms with Crippen LogP contribution >= 0.6 is 0 Å². The first-order valence-electron chi connectivity index (χ1n) is 8.75. The van der Waals surface area contributed by atoms with Crippen molar-refractivity contribution in [2.24, 2.45) is 10.7 Å². The Kier molecular flexibility index (Phi) is 6.17. The number of amides is 1. The molecule has 1 unspecified atom stereocenters. The van der Waals surface area contributed by atoms with E-state index in [1.165, 1.54) is 46.2 Å². The zero-order chi connectivity index (χ0) is 21.3. The van der Waals surface area contributed by atoms with Crippen LogP contribution in [0.4, 0.5) is 10.1 Å². The van der Waals surface area contributed by atoms with Gasteiger partial charge in [0.15, 0.2) is 0 Å². The lowest BCUT2D eigenvalue weighted by atomic mass is 9.91. The van der Waals surface area contributed by atoms with Crippen LogP contribution in [0, 0.1) is 5.82 Å². The van der Waals surface area contributed by atoms with Gasteiger partial charge in [0.05, 0.1) is 13.0 Å². The number of nitrogens with one attached hydrogen (secondary N) is 1. The van der Waals surface area contributed by atoms with Gasteiger partial charge in [0.1, 0.15) is 21.9 Å². The van der Waals surface area contributed by atoms with Gasteiger partial charge in [0, 0.05) is 32.0 Å². The van der Waals surface area contributed by atoms with Crippen LogP contribution in [-0.2, 0) is 25.1 Å². The van der Waals surface area contributed by atoms with Gasteiger partial charge in [0.25, 0.3) is 0 Å². The van der Waals surface area contributed by atoms with Crippen molar-refractivity contribution in [2.75, 3.05) is 32.6 Å². The van der Waals surface area contributed by atoms with Gasteiger partial charge in [-0.25, -0.2) is 17.1 Å². The van der Waals surface area contributed by atoms with Crippen LogP contribution < -0.4 is 11.1 Å². The highest BCUT2D eigenvalue weighted by atomic mass is 32.2. The quantitative estimate of drug-likeness (QED) is 0.756. The van der Waals surface area contributed by atoms with Crippen LogP contribution in [0.5, 0.6) is 0 Å². The summed E-state index contributed by atoms with van der Waals surface area (Å²) in [5.41, 5.74) is 5.27. The number of methoxy groups -OCH3 is 1. The lowest BCUT2D eigenvalue weighted by Crippen LogP contribution is -2.50. The van der Waals surface area contributed by atoms with Crippen molar-refractivity contribution >= 4 is 27.5 Å². The molecule has 156 valence electrons. The number of nitrogens with zero attached hydrogens (tertiary/aromatic N) is 2. The Morgan fingerprint density at radius 1 is 1.39 bits per heavy atom. The SMILES string of the molecule is COCCC(=O)Nc1ccc(F)c(C2(C)CN(C)S(=O)(=O)C(C)(C)C(N)=N2)c1. The first kappa shape index (κ1) is 22.3. The standard InChI is InChI=1S/C18H27FN4O4S/c1-17(2)16(20)22-18(3,11-23(4)28(17,25)26)13-10-12(6-7-14(13)19)21-15(24)8-9-27-5/h6-7,10H,8-9,11H2,1-5H3,(H2,20,22)(H,21,24). The number of hydrogen-bond donors (Lipinski definition) is 2. The minimum absolute atomic E-state index is 0.0997. The molecule has 0 spiro atoms. The third-order valence-electron chi connectivity index (χ3n) is 4.93. The third-order valence-corrected chi connectivity index (χ3v) is 7.38. The molecule has 0 radical (unpaired) electrons. The van der Waals surface area contributed by atoms with Crippen molar-refractivity contribution in [1.82, 2.24) is 4.31 Å². The van der Waals surface area contributed by atoms with Gasteiger partial charge in [0.2, 0.25) is 15.9 Å². The summed E-state index contributed by atoms with van der Waals surface area (Å²) in [4.78, 5) is 16.3. The number of nitrogens with two attached hydrogens (primary N) is 1. The monoisotopic (exact) mass is 414 g/mol. The number of anilines is 1. The highest BCUT2D eigenvalue weighted by molar-refractivity contribution is 7.91. The normalized spacial score (nSPS) is 24.3. The van der Waals surface area contributed by atoms with Crippen LogP contribution in [0.3, 0.4) is 0 Å². The van der Waals surface area contributed by atoms with Gasteiger partial charge in [-0.3, -0.25) is 9.79 Å². The van der Waals surface area contributed by atoms with Crippen molar-refractivity contribution in [1.29, 1.82) is 0 Å². The fraction of sp³-hybridized carbons (Fsp3) is 0.556. The Bertz CT molecular complexity index is 901. The Morgan fingerprint density at radius 3 is 2.64 bits per heavy atom. The zero-order valence-corrected chi connectivity index (χ0v) is 17.6. The summed E-state index contributed by atoms with van der Waals surface area (Å²) in [5.74, 6) is -0.956.